The number of ether oxygens (including phenoxy) is 2. The molecule has 1 fully saturated rings. The fourth-order valence-corrected chi connectivity index (χ4v) is 4.38. The monoisotopic (exact) mass is 430 g/mol. The summed E-state index contributed by atoms with van der Waals surface area (Å²) in [6.07, 6.45) is 0. The van der Waals surface area contributed by atoms with E-state index in [2.05, 4.69) is 70.5 Å². The molecule has 0 spiro atoms. The molecule has 0 N–H and O–H groups in total. The van der Waals surface area contributed by atoms with Crippen molar-refractivity contribution < 1.29 is 14.3 Å². The Morgan fingerprint density at radius 1 is 0.812 bits per heavy atom. The molecular weight excluding hydrogens is 400 g/mol. The summed E-state index contributed by atoms with van der Waals surface area (Å²) in [4.78, 5) is 17.7. The SMILES string of the molecule is COc1ccc(C(=O)CN2CCN(C(c3ccccc3)c3ccccc3)CC2)c(OC)c1. The van der Waals surface area contributed by atoms with E-state index in [1.54, 1.807) is 32.4 Å². The Bertz CT molecular complexity index is 976. The van der Waals surface area contributed by atoms with E-state index in [1.807, 2.05) is 0 Å². The zero-order valence-electron chi connectivity index (χ0n) is 18.7. The van der Waals surface area contributed by atoms with Crippen molar-refractivity contribution in [1.29, 1.82) is 0 Å². The van der Waals surface area contributed by atoms with Gasteiger partial charge in [-0.2, -0.15) is 0 Å². The normalized spacial score (nSPS) is 15.0. The van der Waals surface area contributed by atoms with Crippen molar-refractivity contribution in [3.63, 3.8) is 0 Å². The summed E-state index contributed by atoms with van der Waals surface area (Å²) >= 11 is 0. The van der Waals surface area contributed by atoms with Gasteiger partial charge < -0.3 is 9.47 Å². The lowest BCUT2D eigenvalue weighted by atomic mass is 9.96. The zero-order valence-corrected chi connectivity index (χ0v) is 18.7. The number of rotatable bonds is 8. The van der Waals surface area contributed by atoms with Gasteiger partial charge in [-0.3, -0.25) is 14.6 Å². The molecule has 3 aromatic carbocycles. The predicted octanol–water partition coefficient (Wildman–Crippen LogP) is 4.29. The number of piperazine rings is 1. The van der Waals surface area contributed by atoms with E-state index in [1.165, 1.54) is 11.1 Å². The van der Waals surface area contributed by atoms with Gasteiger partial charge in [0, 0.05) is 32.2 Å². The Morgan fingerprint density at radius 2 is 1.41 bits per heavy atom. The highest BCUT2D eigenvalue weighted by molar-refractivity contribution is 6.00. The van der Waals surface area contributed by atoms with E-state index in [4.69, 9.17) is 9.47 Å². The van der Waals surface area contributed by atoms with E-state index < -0.39 is 0 Å². The van der Waals surface area contributed by atoms with Gasteiger partial charge in [0.2, 0.25) is 0 Å². The molecule has 166 valence electrons. The summed E-state index contributed by atoms with van der Waals surface area (Å²) in [5.41, 5.74) is 3.19. The van der Waals surface area contributed by atoms with Crippen LogP contribution in [0.3, 0.4) is 0 Å². The number of nitrogens with zero attached hydrogens (tertiary/aromatic N) is 2. The standard InChI is InChI=1S/C27H30N2O3/c1-31-23-13-14-24(26(19-23)32-2)25(30)20-28-15-17-29(18-16-28)27(21-9-5-3-6-10-21)22-11-7-4-8-12-22/h3-14,19,27H,15-18,20H2,1-2H3. The summed E-state index contributed by atoms with van der Waals surface area (Å²) < 4.78 is 10.7. The fraction of sp³-hybridized carbons (Fsp3) is 0.296. The van der Waals surface area contributed by atoms with Crippen LogP contribution in [0.2, 0.25) is 0 Å². The minimum absolute atomic E-state index is 0.0700. The van der Waals surface area contributed by atoms with Crippen molar-refractivity contribution >= 4 is 5.78 Å². The van der Waals surface area contributed by atoms with E-state index in [-0.39, 0.29) is 11.8 Å². The lowest BCUT2D eigenvalue weighted by molar-refractivity contribution is 0.0805. The molecule has 32 heavy (non-hydrogen) atoms. The molecule has 5 nitrogen and oxygen atoms in total. The van der Waals surface area contributed by atoms with E-state index in [0.717, 1.165) is 26.2 Å². The van der Waals surface area contributed by atoms with E-state index in [0.29, 0.717) is 23.6 Å². The maximum atomic E-state index is 13.0. The smallest absolute Gasteiger partial charge is 0.180 e. The largest absolute Gasteiger partial charge is 0.497 e. The van der Waals surface area contributed by atoms with Crippen molar-refractivity contribution in [3.8, 4) is 11.5 Å². The second kappa shape index (κ2) is 10.4. The van der Waals surface area contributed by atoms with Gasteiger partial charge in [0.05, 0.1) is 32.4 Å². The lowest BCUT2D eigenvalue weighted by Crippen LogP contribution is -2.49. The lowest BCUT2D eigenvalue weighted by Gasteiger charge is -2.39. The van der Waals surface area contributed by atoms with Gasteiger partial charge >= 0.3 is 0 Å². The van der Waals surface area contributed by atoms with Crippen LogP contribution in [0.4, 0.5) is 0 Å². The molecule has 3 aromatic rings. The molecule has 0 amide bonds. The first-order valence-electron chi connectivity index (χ1n) is 11.0. The molecule has 1 heterocycles. The summed E-state index contributed by atoms with van der Waals surface area (Å²) in [6, 6.07) is 26.9. The maximum Gasteiger partial charge on any atom is 0.180 e. The second-order valence-corrected chi connectivity index (χ2v) is 8.03. The minimum Gasteiger partial charge on any atom is -0.497 e. The number of hydrogen-bond acceptors (Lipinski definition) is 5. The molecule has 5 heteroatoms. The average molecular weight is 431 g/mol. The summed E-state index contributed by atoms with van der Waals surface area (Å²) in [7, 11) is 3.19. The molecule has 4 rings (SSSR count). The number of methoxy groups -OCH3 is 2. The number of carbonyl (C=O) groups excluding carboxylic acids is 1. The highest BCUT2D eigenvalue weighted by Crippen LogP contribution is 2.30. The highest BCUT2D eigenvalue weighted by atomic mass is 16.5. The molecule has 0 aromatic heterocycles. The van der Waals surface area contributed by atoms with Crippen molar-refractivity contribution in [1.82, 2.24) is 9.80 Å². The van der Waals surface area contributed by atoms with Crippen LogP contribution in [-0.2, 0) is 0 Å². The highest BCUT2D eigenvalue weighted by Gasteiger charge is 2.27. The Labute approximate surface area is 190 Å². The summed E-state index contributed by atoms with van der Waals surface area (Å²) in [5, 5.41) is 0. The number of Topliss-reactive ketones (excluding diaryl/α,β-unsaturated/α-hetero) is 1. The molecule has 0 radical (unpaired) electrons. The third kappa shape index (κ3) is 5.01. The van der Waals surface area contributed by atoms with Gasteiger partial charge in [0.15, 0.2) is 5.78 Å². The van der Waals surface area contributed by atoms with Gasteiger partial charge in [-0.1, -0.05) is 60.7 Å². The van der Waals surface area contributed by atoms with Crippen LogP contribution in [-0.4, -0.2) is 62.5 Å². The Morgan fingerprint density at radius 3 is 1.94 bits per heavy atom. The first-order chi connectivity index (χ1) is 15.7. The number of benzene rings is 3. The van der Waals surface area contributed by atoms with Crippen molar-refractivity contribution in [2.24, 2.45) is 0 Å². The molecule has 1 aliphatic rings. The van der Waals surface area contributed by atoms with Gasteiger partial charge in [0.25, 0.3) is 0 Å². The van der Waals surface area contributed by atoms with Crippen LogP contribution in [0.5, 0.6) is 11.5 Å². The molecule has 0 atom stereocenters. The van der Waals surface area contributed by atoms with Crippen molar-refractivity contribution in [3.05, 3.63) is 95.6 Å². The first-order valence-corrected chi connectivity index (χ1v) is 11.0. The molecular formula is C27H30N2O3. The Hall–Kier alpha value is -3.15. The quantitative estimate of drug-likeness (QED) is 0.499. The molecule has 1 saturated heterocycles. The number of carbonyl (C=O) groups is 1. The van der Waals surface area contributed by atoms with Crippen LogP contribution >= 0.6 is 0 Å². The van der Waals surface area contributed by atoms with Crippen molar-refractivity contribution in [2.45, 2.75) is 6.04 Å². The Kier molecular flexibility index (Phi) is 7.20. The molecule has 0 bridgehead atoms. The van der Waals surface area contributed by atoms with E-state index >= 15 is 0 Å². The molecule has 0 saturated carbocycles. The predicted molar refractivity (Wildman–Crippen MR) is 127 cm³/mol. The van der Waals surface area contributed by atoms with Crippen LogP contribution < -0.4 is 9.47 Å². The zero-order chi connectivity index (χ0) is 22.3. The minimum atomic E-state index is 0.0700. The molecule has 0 aliphatic carbocycles. The number of hydrogen-bond donors (Lipinski definition) is 0. The van der Waals surface area contributed by atoms with Crippen LogP contribution in [0.15, 0.2) is 78.9 Å². The van der Waals surface area contributed by atoms with Gasteiger partial charge in [-0.15, -0.1) is 0 Å². The number of ketones is 1. The topological polar surface area (TPSA) is 42.0 Å². The molecule has 0 unspecified atom stereocenters. The molecule has 1 aliphatic heterocycles. The van der Waals surface area contributed by atoms with Gasteiger partial charge in [-0.05, 0) is 23.3 Å². The van der Waals surface area contributed by atoms with Gasteiger partial charge in [0.1, 0.15) is 11.5 Å². The fourth-order valence-electron chi connectivity index (χ4n) is 4.38. The summed E-state index contributed by atoms with van der Waals surface area (Å²) in [5.74, 6) is 1.31. The maximum absolute atomic E-state index is 13.0. The second-order valence-electron chi connectivity index (χ2n) is 8.03. The van der Waals surface area contributed by atoms with Crippen LogP contribution in [0.1, 0.15) is 27.5 Å². The van der Waals surface area contributed by atoms with Crippen LogP contribution in [0.25, 0.3) is 0 Å². The average Bonchev–Trinajstić information content (AvgIpc) is 2.86. The van der Waals surface area contributed by atoms with Crippen LogP contribution in [0, 0.1) is 0 Å². The third-order valence-electron chi connectivity index (χ3n) is 6.08. The summed E-state index contributed by atoms with van der Waals surface area (Å²) in [6.45, 7) is 3.89. The van der Waals surface area contributed by atoms with Crippen molar-refractivity contribution in [2.75, 3.05) is 46.9 Å². The third-order valence-corrected chi connectivity index (χ3v) is 6.08. The Balaban J connectivity index is 1.43. The first kappa shape index (κ1) is 22.1. The van der Waals surface area contributed by atoms with Gasteiger partial charge in [-0.25, -0.2) is 0 Å². The van der Waals surface area contributed by atoms with E-state index in [9.17, 15) is 4.79 Å².